The molecule has 0 saturated heterocycles. The van der Waals surface area contributed by atoms with Crippen molar-refractivity contribution >= 4 is 15.6 Å². The minimum atomic E-state index is -3.50. The molecule has 0 aliphatic carbocycles. The molecule has 88 valence electrons. The predicted octanol–water partition coefficient (Wildman–Crippen LogP) is 1.83. The van der Waals surface area contributed by atoms with Gasteiger partial charge in [0.1, 0.15) is 10.6 Å². The molecule has 0 saturated carbocycles. The Morgan fingerprint density at radius 3 is 2.00 bits per heavy atom. The lowest BCUT2D eigenvalue weighted by molar-refractivity contribution is 0.0954. The summed E-state index contributed by atoms with van der Waals surface area (Å²) in [7, 11) is -3.50. The van der Waals surface area contributed by atoms with Gasteiger partial charge in [0.25, 0.3) is 0 Å². The van der Waals surface area contributed by atoms with E-state index >= 15 is 0 Å². The molecule has 0 fully saturated rings. The maximum atomic E-state index is 12.7. The molecule has 0 radical (unpaired) electrons. The van der Waals surface area contributed by atoms with Crippen LogP contribution in [-0.2, 0) is 9.84 Å². The fraction of sp³-hybridized carbons (Fsp3) is 0.364. The van der Waals surface area contributed by atoms with Crippen LogP contribution in [0.5, 0.6) is 0 Å². The van der Waals surface area contributed by atoms with Crippen LogP contribution in [0.15, 0.2) is 24.3 Å². The van der Waals surface area contributed by atoms with Crippen LogP contribution in [-0.4, -0.2) is 25.2 Å². The van der Waals surface area contributed by atoms with Gasteiger partial charge in [-0.2, -0.15) is 0 Å². The van der Waals surface area contributed by atoms with Gasteiger partial charge in [-0.3, -0.25) is 4.79 Å². The SMILES string of the molecule is CC(C)(C(=O)c1ccc(F)cc1)S(C)(=O)=O. The Balaban J connectivity index is 3.18. The Bertz CT molecular complexity index is 501. The van der Waals surface area contributed by atoms with Crippen LogP contribution in [0.2, 0.25) is 0 Å². The number of halogens is 1. The van der Waals surface area contributed by atoms with E-state index in [9.17, 15) is 17.6 Å². The molecule has 0 unspecified atom stereocenters. The van der Waals surface area contributed by atoms with Crippen LogP contribution in [0, 0.1) is 5.82 Å². The molecule has 0 aliphatic rings. The number of sulfone groups is 1. The van der Waals surface area contributed by atoms with Gasteiger partial charge in [-0.15, -0.1) is 0 Å². The molecule has 0 heterocycles. The first kappa shape index (κ1) is 12.8. The molecule has 0 aromatic heterocycles. The molecule has 1 aromatic carbocycles. The summed E-state index contributed by atoms with van der Waals surface area (Å²) in [6.45, 7) is 2.68. The van der Waals surface area contributed by atoms with Crippen molar-refractivity contribution in [3.63, 3.8) is 0 Å². The van der Waals surface area contributed by atoms with Crippen molar-refractivity contribution < 1.29 is 17.6 Å². The zero-order valence-corrected chi connectivity index (χ0v) is 10.1. The number of rotatable bonds is 3. The maximum absolute atomic E-state index is 12.7. The lowest BCUT2D eigenvalue weighted by Gasteiger charge is -2.20. The maximum Gasteiger partial charge on any atom is 0.183 e. The second-order valence-corrected chi connectivity index (χ2v) is 6.68. The Morgan fingerprint density at radius 1 is 1.19 bits per heavy atom. The summed E-state index contributed by atoms with van der Waals surface area (Å²) in [5.74, 6) is -0.997. The van der Waals surface area contributed by atoms with Gasteiger partial charge in [0.2, 0.25) is 0 Å². The number of ketones is 1. The van der Waals surface area contributed by atoms with E-state index in [1.807, 2.05) is 0 Å². The van der Waals surface area contributed by atoms with Crippen molar-refractivity contribution in [2.75, 3.05) is 6.26 Å². The highest BCUT2D eigenvalue weighted by molar-refractivity contribution is 7.92. The number of benzene rings is 1. The van der Waals surface area contributed by atoms with Crippen LogP contribution >= 0.6 is 0 Å². The zero-order chi connectivity index (χ0) is 12.6. The van der Waals surface area contributed by atoms with E-state index < -0.39 is 26.2 Å². The molecule has 1 aromatic rings. The van der Waals surface area contributed by atoms with E-state index in [-0.39, 0.29) is 5.56 Å². The van der Waals surface area contributed by atoms with Crippen LogP contribution in [0.25, 0.3) is 0 Å². The first-order valence-electron chi connectivity index (χ1n) is 4.66. The lowest BCUT2D eigenvalue weighted by atomic mass is 10.0. The van der Waals surface area contributed by atoms with E-state index in [0.29, 0.717) is 0 Å². The van der Waals surface area contributed by atoms with Crippen LogP contribution < -0.4 is 0 Å². The number of hydrogen-bond donors (Lipinski definition) is 0. The minimum Gasteiger partial charge on any atom is -0.292 e. The van der Waals surface area contributed by atoms with Gasteiger partial charge in [0.05, 0.1) is 0 Å². The molecule has 5 heteroatoms. The first-order chi connectivity index (χ1) is 7.16. The minimum absolute atomic E-state index is 0.192. The largest absolute Gasteiger partial charge is 0.292 e. The molecule has 1 rings (SSSR count). The second-order valence-electron chi connectivity index (χ2n) is 4.12. The van der Waals surface area contributed by atoms with Crippen molar-refractivity contribution in [1.29, 1.82) is 0 Å². The van der Waals surface area contributed by atoms with Gasteiger partial charge in [0, 0.05) is 11.8 Å². The highest BCUT2D eigenvalue weighted by Crippen LogP contribution is 2.21. The monoisotopic (exact) mass is 244 g/mol. The smallest absolute Gasteiger partial charge is 0.183 e. The Labute approximate surface area is 94.2 Å². The lowest BCUT2D eigenvalue weighted by Crippen LogP contribution is -2.39. The van der Waals surface area contributed by atoms with Crippen molar-refractivity contribution in [1.82, 2.24) is 0 Å². The summed E-state index contributed by atoms with van der Waals surface area (Å²) in [6.07, 6.45) is 1.01. The third kappa shape index (κ3) is 2.29. The van der Waals surface area contributed by atoms with Gasteiger partial charge in [0.15, 0.2) is 15.6 Å². The standard InChI is InChI=1S/C11H13FO3S/c1-11(2,16(3,14)15)10(13)8-4-6-9(12)7-5-8/h4-7H,1-3H3. The topological polar surface area (TPSA) is 51.2 Å². The summed E-state index contributed by atoms with van der Waals surface area (Å²) in [6, 6.07) is 4.83. The van der Waals surface area contributed by atoms with E-state index in [1.54, 1.807) is 0 Å². The third-order valence-electron chi connectivity index (χ3n) is 2.58. The second kappa shape index (κ2) is 3.97. The van der Waals surface area contributed by atoms with Crippen molar-refractivity contribution in [3.05, 3.63) is 35.6 Å². The zero-order valence-electron chi connectivity index (χ0n) is 9.32. The number of hydrogen-bond acceptors (Lipinski definition) is 3. The van der Waals surface area contributed by atoms with Gasteiger partial charge in [-0.05, 0) is 38.1 Å². The number of carbonyl (C=O) groups excluding carboxylic acids is 1. The molecule has 0 amide bonds. The number of Topliss-reactive ketones (excluding diaryl/α,β-unsaturated/α-hetero) is 1. The summed E-state index contributed by atoms with van der Waals surface area (Å²) < 4.78 is 34.0. The van der Waals surface area contributed by atoms with Gasteiger partial charge >= 0.3 is 0 Å². The summed E-state index contributed by atoms with van der Waals surface area (Å²) in [4.78, 5) is 11.9. The molecule has 16 heavy (non-hydrogen) atoms. The van der Waals surface area contributed by atoms with E-state index in [4.69, 9.17) is 0 Å². The van der Waals surface area contributed by atoms with Crippen molar-refractivity contribution in [2.45, 2.75) is 18.6 Å². The Morgan fingerprint density at radius 2 is 1.62 bits per heavy atom. The first-order valence-corrected chi connectivity index (χ1v) is 6.55. The molecular formula is C11H13FO3S. The van der Waals surface area contributed by atoms with Crippen LogP contribution in [0.3, 0.4) is 0 Å². The molecule has 0 N–H and O–H groups in total. The highest BCUT2D eigenvalue weighted by Gasteiger charge is 2.38. The number of carbonyl (C=O) groups is 1. The Kier molecular flexibility index (Phi) is 3.19. The molecule has 0 bridgehead atoms. The van der Waals surface area contributed by atoms with Crippen molar-refractivity contribution in [3.8, 4) is 0 Å². The quantitative estimate of drug-likeness (QED) is 0.762. The summed E-state index contributed by atoms with van der Waals surface area (Å²) >= 11 is 0. The van der Waals surface area contributed by atoms with E-state index in [0.717, 1.165) is 18.4 Å². The fourth-order valence-corrected chi connectivity index (χ4v) is 1.57. The molecule has 3 nitrogen and oxygen atoms in total. The molecule has 0 spiro atoms. The fourth-order valence-electron chi connectivity index (χ4n) is 1.12. The highest BCUT2D eigenvalue weighted by atomic mass is 32.2. The average molecular weight is 244 g/mol. The van der Waals surface area contributed by atoms with Crippen molar-refractivity contribution in [2.24, 2.45) is 0 Å². The molecule has 0 aliphatic heterocycles. The van der Waals surface area contributed by atoms with Gasteiger partial charge in [-0.25, -0.2) is 12.8 Å². The summed E-state index contributed by atoms with van der Waals surface area (Å²) in [5.41, 5.74) is 0.192. The average Bonchev–Trinajstić information content (AvgIpc) is 2.16. The molecule has 0 atom stereocenters. The summed E-state index contributed by atoms with van der Waals surface area (Å²) in [5, 5.41) is 0. The third-order valence-corrected chi connectivity index (χ3v) is 4.62. The van der Waals surface area contributed by atoms with Crippen LogP contribution in [0.1, 0.15) is 24.2 Å². The van der Waals surface area contributed by atoms with E-state index in [2.05, 4.69) is 0 Å². The van der Waals surface area contributed by atoms with E-state index in [1.165, 1.54) is 26.0 Å². The normalized spacial score (nSPS) is 12.5. The molecular weight excluding hydrogens is 231 g/mol. The van der Waals surface area contributed by atoms with Gasteiger partial charge in [-0.1, -0.05) is 0 Å². The Hall–Kier alpha value is -1.23. The van der Waals surface area contributed by atoms with Gasteiger partial charge < -0.3 is 0 Å². The predicted molar refractivity (Wildman–Crippen MR) is 59.7 cm³/mol. The van der Waals surface area contributed by atoms with Crippen LogP contribution in [0.4, 0.5) is 4.39 Å².